The van der Waals surface area contributed by atoms with Crippen LogP contribution in [0.2, 0.25) is 0 Å². The lowest BCUT2D eigenvalue weighted by Gasteiger charge is -2.50. The summed E-state index contributed by atoms with van der Waals surface area (Å²) in [6.07, 6.45) is 6.58. The molecule has 0 aliphatic heterocycles. The molecule has 96 valence electrons. The molecule has 0 aromatic carbocycles. The van der Waals surface area contributed by atoms with E-state index in [1.165, 1.54) is 24.0 Å². The fourth-order valence-corrected chi connectivity index (χ4v) is 3.82. The molecule has 0 saturated heterocycles. The molecule has 17 heavy (non-hydrogen) atoms. The first-order chi connectivity index (χ1) is 7.74. The van der Waals surface area contributed by atoms with Gasteiger partial charge in [-0.2, -0.15) is 0 Å². The van der Waals surface area contributed by atoms with Crippen LogP contribution in [0, 0.1) is 17.3 Å². The number of rotatable bonds is 1. The molecule has 1 heteroatoms. The second kappa shape index (κ2) is 3.98. The van der Waals surface area contributed by atoms with E-state index < -0.39 is 5.60 Å². The van der Waals surface area contributed by atoms with Crippen molar-refractivity contribution in [3.8, 4) is 0 Å². The van der Waals surface area contributed by atoms with Gasteiger partial charge in [0.2, 0.25) is 0 Å². The lowest BCUT2D eigenvalue weighted by atomic mass is 9.56. The summed E-state index contributed by atoms with van der Waals surface area (Å²) in [5.41, 5.74) is 2.50. The van der Waals surface area contributed by atoms with Gasteiger partial charge in [-0.15, -0.1) is 0 Å². The van der Waals surface area contributed by atoms with Crippen LogP contribution in [0.4, 0.5) is 0 Å². The summed E-state index contributed by atoms with van der Waals surface area (Å²) in [6.45, 7) is 12.9. The van der Waals surface area contributed by atoms with Crippen LogP contribution in [-0.4, -0.2) is 10.7 Å². The molecule has 2 aliphatic carbocycles. The Morgan fingerprint density at radius 2 is 2.06 bits per heavy atom. The molecule has 2 aliphatic rings. The molecule has 0 bridgehead atoms. The van der Waals surface area contributed by atoms with E-state index in [1.807, 2.05) is 6.92 Å². The van der Waals surface area contributed by atoms with Crippen molar-refractivity contribution in [2.45, 2.75) is 59.0 Å². The topological polar surface area (TPSA) is 20.2 Å². The molecule has 1 fully saturated rings. The Labute approximate surface area is 106 Å². The maximum absolute atomic E-state index is 10.3. The van der Waals surface area contributed by atoms with Crippen LogP contribution >= 0.6 is 0 Å². The third-order valence-corrected chi connectivity index (χ3v) is 5.16. The van der Waals surface area contributed by atoms with E-state index in [0.29, 0.717) is 11.8 Å². The van der Waals surface area contributed by atoms with Gasteiger partial charge in [0.25, 0.3) is 0 Å². The van der Waals surface area contributed by atoms with Crippen LogP contribution in [0.5, 0.6) is 0 Å². The highest BCUT2D eigenvalue weighted by Gasteiger charge is 2.46. The van der Waals surface area contributed by atoms with Gasteiger partial charge in [-0.1, -0.05) is 37.6 Å². The molecule has 0 heterocycles. The lowest BCUT2D eigenvalue weighted by Crippen LogP contribution is -2.43. The quantitative estimate of drug-likeness (QED) is 0.678. The molecule has 0 aromatic heterocycles. The number of allylic oxidation sites excluding steroid dienone is 2. The number of hydrogen-bond donors (Lipinski definition) is 1. The van der Waals surface area contributed by atoms with Gasteiger partial charge >= 0.3 is 0 Å². The molecule has 1 nitrogen and oxygen atoms in total. The Balaban J connectivity index is 2.32. The van der Waals surface area contributed by atoms with Crippen molar-refractivity contribution < 1.29 is 5.11 Å². The van der Waals surface area contributed by atoms with Gasteiger partial charge in [-0.05, 0) is 56.8 Å². The molecule has 0 aromatic rings. The van der Waals surface area contributed by atoms with Crippen molar-refractivity contribution in [3.63, 3.8) is 0 Å². The zero-order valence-electron chi connectivity index (χ0n) is 11.7. The maximum atomic E-state index is 10.3. The monoisotopic (exact) mass is 234 g/mol. The van der Waals surface area contributed by atoms with Crippen LogP contribution in [0.15, 0.2) is 23.8 Å². The maximum Gasteiger partial charge on any atom is 0.0805 e. The van der Waals surface area contributed by atoms with Crippen LogP contribution < -0.4 is 0 Å². The second-order valence-corrected chi connectivity index (χ2v) is 6.84. The van der Waals surface area contributed by atoms with E-state index in [0.717, 1.165) is 12.8 Å². The minimum Gasteiger partial charge on any atom is -0.386 e. The average molecular weight is 234 g/mol. The number of hydrogen-bond acceptors (Lipinski definition) is 1. The van der Waals surface area contributed by atoms with Crippen molar-refractivity contribution in [1.29, 1.82) is 0 Å². The van der Waals surface area contributed by atoms with Crippen LogP contribution in [0.3, 0.4) is 0 Å². The van der Waals surface area contributed by atoms with Crippen molar-refractivity contribution >= 4 is 0 Å². The Morgan fingerprint density at radius 3 is 2.65 bits per heavy atom. The fraction of sp³-hybridized carbons (Fsp3) is 0.750. The van der Waals surface area contributed by atoms with Gasteiger partial charge in [0.1, 0.15) is 0 Å². The summed E-state index contributed by atoms with van der Waals surface area (Å²) in [6, 6.07) is 0. The van der Waals surface area contributed by atoms with Crippen LogP contribution in [0.25, 0.3) is 0 Å². The van der Waals surface area contributed by atoms with E-state index in [9.17, 15) is 5.11 Å². The van der Waals surface area contributed by atoms with Crippen LogP contribution in [-0.2, 0) is 0 Å². The standard InChI is InChI=1S/C16H26O/c1-11(2)13-6-7-14-10-15(4,17)8-12(3)16(14,5)9-13/h10,12-13,17H,1,6-9H2,2-5H3/t12-,13-,15?,16+/m1/s1. The number of aliphatic hydroxyl groups is 1. The van der Waals surface area contributed by atoms with Gasteiger partial charge in [-0.3, -0.25) is 0 Å². The highest BCUT2D eigenvalue weighted by Crippen LogP contribution is 2.54. The molecule has 4 atom stereocenters. The zero-order valence-corrected chi connectivity index (χ0v) is 11.7. The van der Waals surface area contributed by atoms with Gasteiger partial charge < -0.3 is 5.11 Å². The predicted octanol–water partition coefficient (Wildman–Crippen LogP) is 4.09. The Hall–Kier alpha value is -0.560. The molecular formula is C16H26O. The van der Waals surface area contributed by atoms with Gasteiger partial charge in [0.15, 0.2) is 0 Å². The van der Waals surface area contributed by atoms with E-state index >= 15 is 0 Å². The third kappa shape index (κ3) is 2.22. The molecule has 1 saturated carbocycles. The summed E-state index contributed by atoms with van der Waals surface area (Å²) in [5, 5.41) is 10.3. The third-order valence-electron chi connectivity index (χ3n) is 5.16. The minimum absolute atomic E-state index is 0.282. The summed E-state index contributed by atoms with van der Waals surface area (Å²) < 4.78 is 0. The van der Waals surface area contributed by atoms with Crippen molar-refractivity contribution in [3.05, 3.63) is 23.8 Å². The summed E-state index contributed by atoms with van der Waals surface area (Å²) in [4.78, 5) is 0. The first-order valence-electron chi connectivity index (χ1n) is 6.84. The van der Waals surface area contributed by atoms with Crippen LogP contribution in [0.1, 0.15) is 53.4 Å². The Morgan fingerprint density at radius 1 is 1.41 bits per heavy atom. The summed E-state index contributed by atoms with van der Waals surface area (Å²) in [5.74, 6) is 1.22. The molecule has 1 unspecified atom stereocenters. The van der Waals surface area contributed by atoms with Gasteiger partial charge in [0.05, 0.1) is 5.60 Å². The van der Waals surface area contributed by atoms with E-state index in [1.54, 1.807) is 0 Å². The van der Waals surface area contributed by atoms with E-state index in [2.05, 4.69) is 33.4 Å². The minimum atomic E-state index is -0.593. The molecule has 0 spiro atoms. The van der Waals surface area contributed by atoms with E-state index in [-0.39, 0.29) is 5.41 Å². The normalized spacial score (nSPS) is 46.1. The summed E-state index contributed by atoms with van der Waals surface area (Å²) >= 11 is 0. The second-order valence-electron chi connectivity index (χ2n) is 6.84. The first-order valence-corrected chi connectivity index (χ1v) is 6.84. The fourth-order valence-electron chi connectivity index (χ4n) is 3.82. The first kappa shape index (κ1) is 12.9. The molecule has 0 amide bonds. The Bertz CT molecular complexity index is 364. The van der Waals surface area contributed by atoms with Crippen molar-refractivity contribution in [2.75, 3.05) is 0 Å². The number of fused-ring (bicyclic) bond motifs is 1. The van der Waals surface area contributed by atoms with Crippen molar-refractivity contribution in [2.24, 2.45) is 17.3 Å². The molecule has 0 radical (unpaired) electrons. The zero-order chi connectivity index (χ0) is 12.8. The molecule has 1 N–H and O–H groups in total. The van der Waals surface area contributed by atoms with Gasteiger partial charge in [-0.25, -0.2) is 0 Å². The van der Waals surface area contributed by atoms with E-state index in [4.69, 9.17) is 0 Å². The highest BCUT2D eigenvalue weighted by molar-refractivity contribution is 5.27. The smallest absolute Gasteiger partial charge is 0.0805 e. The Kier molecular flexibility index (Phi) is 3.02. The van der Waals surface area contributed by atoms with Gasteiger partial charge in [0, 0.05) is 0 Å². The predicted molar refractivity (Wildman–Crippen MR) is 72.7 cm³/mol. The average Bonchev–Trinajstić information content (AvgIpc) is 2.18. The summed E-state index contributed by atoms with van der Waals surface area (Å²) in [7, 11) is 0. The van der Waals surface area contributed by atoms with Crippen molar-refractivity contribution in [1.82, 2.24) is 0 Å². The lowest BCUT2D eigenvalue weighted by molar-refractivity contribution is 0.0258. The SMILES string of the molecule is C=C(C)[C@@H]1CCC2=CC(C)(O)C[C@@H](C)[C@]2(C)C1. The molecular weight excluding hydrogens is 208 g/mol. The molecule has 2 rings (SSSR count). The largest absolute Gasteiger partial charge is 0.386 e. The highest BCUT2D eigenvalue weighted by atomic mass is 16.3.